The van der Waals surface area contributed by atoms with Crippen LogP contribution in [-0.2, 0) is 9.31 Å². The predicted octanol–water partition coefficient (Wildman–Crippen LogP) is 1.52. The van der Waals surface area contributed by atoms with Gasteiger partial charge in [-0.1, -0.05) is 6.08 Å². The van der Waals surface area contributed by atoms with Crippen LogP contribution in [0.3, 0.4) is 0 Å². The van der Waals surface area contributed by atoms with Crippen molar-refractivity contribution in [1.29, 1.82) is 0 Å². The Kier molecular flexibility index (Phi) is 3.09. The van der Waals surface area contributed by atoms with Gasteiger partial charge in [0, 0.05) is 6.54 Å². The molecule has 0 bridgehead atoms. The van der Waals surface area contributed by atoms with Gasteiger partial charge in [-0.2, -0.15) is 0 Å². The van der Waals surface area contributed by atoms with Crippen LogP contribution in [0.5, 0.6) is 0 Å². The summed E-state index contributed by atoms with van der Waals surface area (Å²) in [4.78, 5) is 0. The van der Waals surface area contributed by atoms with E-state index >= 15 is 0 Å². The van der Waals surface area contributed by atoms with Crippen molar-refractivity contribution in [2.24, 2.45) is 5.73 Å². The van der Waals surface area contributed by atoms with Gasteiger partial charge in [0.2, 0.25) is 0 Å². The summed E-state index contributed by atoms with van der Waals surface area (Å²) in [7, 11) is -0.282. The Hall–Kier alpha value is -0.315. The summed E-state index contributed by atoms with van der Waals surface area (Å²) in [5.41, 5.74) is 6.06. The van der Waals surface area contributed by atoms with Crippen molar-refractivity contribution in [3.05, 3.63) is 11.5 Å². The van der Waals surface area contributed by atoms with Gasteiger partial charge >= 0.3 is 7.12 Å². The fourth-order valence-corrected chi connectivity index (χ4v) is 1.34. The van der Waals surface area contributed by atoms with E-state index in [-0.39, 0.29) is 18.3 Å². The van der Waals surface area contributed by atoms with E-state index in [4.69, 9.17) is 15.0 Å². The van der Waals surface area contributed by atoms with Crippen LogP contribution >= 0.6 is 0 Å². The van der Waals surface area contributed by atoms with Crippen LogP contribution in [0.1, 0.15) is 34.6 Å². The molecule has 80 valence electrons. The lowest BCUT2D eigenvalue weighted by Crippen LogP contribution is -2.41. The van der Waals surface area contributed by atoms with Crippen LogP contribution in [0.15, 0.2) is 11.5 Å². The van der Waals surface area contributed by atoms with Crippen LogP contribution < -0.4 is 5.73 Å². The molecule has 0 aromatic carbocycles. The number of allylic oxidation sites excluding steroid dienone is 1. The van der Waals surface area contributed by atoms with Gasteiger partial charge in [-0.15, -0.1) is 0 Å². The van der Waals surface area contributed by atoms with E-state index in [9.17, 15) is 0 Å². The van der Waals surface area contributed by atoms with E-state index in [2.05, 4.69) is 0 Å². The summed E-state index contributed by atoms with van der Waals surface area (Å²) < 4.78 is 11.7. The minimum absolute atomic E-state index is 0.277. The normalized spacial score (nSPS) is 25.6. The largest absolute Gasteiger partial charge is 0.491 e. The zero-order chi connectivity index (χ0) is 11.0. The summed E-state index contributed by atoms with van der Waals surface area (Å²) in [6, 6.07) is 0. The van der Waals surface area contributed by atoms with E-state index in [1.165, 1.54) is 0 Å². The van der Waals surface area contributed by atoms with Gasteiger partial charge in [-0.05, 0) is 40.1 Å². The molecular formula is C10H20BNO2. The number of hydrogen-bond donors (Lipinski definition) is 1. The van der Waals surface area contributed by atoms with Crippen molar-refractivity contribution in [2.45, 2.75) is 45.8 Å². The van der Waals surface area contributed by atoms with E-state index in [0.717, 1.165) is 5.47 Å². The summed E-state index contributed by atoms with van der Waals surface area (Å²) in [5.74, 6) is 0. The molecule has 3 nitrogen and oxygen atoms in total. The minimum atomic E-state index is -0.282. The van der Waals surface area contributed by atoms with Gasteiger partial charge in [0.05, 0.1) is 11.2 Å². The van der Waals surface area contributed by atoms with Crippen molar-refractivity contribution < 1.29 is 9.31 Å². The molecule has 1 rings (SSSR count). The molecule has 1 saturated heterocycles. The van der Waals surface area contributed by atoms with Gasteiger partial charge in [0.15, 0.2) is 0 Å². The lowest BCUT2D eigenvalue weighted by atomic mass is 9.78. The molecule has 0 aromatic heterocycles. The van der Waals surface area contributed by atoms with Crippen molar-refractivity contribution in [2.75, 3.05) is 6.54 Å². The molecule has 2 N–H and O–H groups in total. The Morgan fingerprint density at radius 3 is 1.93 bits per heavy atom. The molecule has 4 heteroatoms. The summed E-state index contributed by atoms with van der Waals surface area (Å²) >= 11 is 0. The van der Waals surface area contributed by atoms with Crippen LogP contribution in [0, 0.1) is 0 Å². The maximum absolute atomic E-state index is 5.84. The highest BCUT2D eigenvalue weighted by molar-refractivity contribution is 6.54. The lowest BCUT2D eigenvalue weighted by molar-refractivity contribution is 0.00578. The summed E-state index contributed by atoms with van der Waals surface area (Å²) in [5, 5.41) is 0. The number of nitrogens with two attached hydrogens (primary N) is 1. The van der Waals surface area contributed by atoms with Crippen molar-refractivity contribution in [3.8, 4) is 0 Å². The second-order valence-corrected chi connectivity index (χ2v) is 4.66. The molecule has 1 aliphatic rings. The van der Waals surface area contributed by atoms with Crippen LogP contribution in [0.4, 0.5) is 0 Å². The van der Waals surface area contributed by atoms with Gasteiger partial charge < -0.3 is 15.0 Å². The fraction of sp³-hybridized carbons (Fsp3) is 0.800. The molecule has 0 atom stereocenters. The molecule has 1 aliphatic heterocycles. The second kappa shape index (κ2) is 3.68. The molecule has 0 amide bonds. The maximum atomic E-state index is 5.84. The molecule has 0 unspecified atom stereocenters. The van der Waals surface area contributed by atoms with Crippen LogP contribution in [0.25, 0.3) is 0 Å². The molecule has 0 radical (unpaired) electrons. The molecule has 0 aromatic rings. The Bertz CT molecular complexity index is 233. The lowest BCUT2D eigenvalue weighted by Gasteiger charge is -2.32. The van der Waals surface area contributed by atoms with E-state index in [1.54, 1.807) is 0 Å². The Morgan fingerprint density at radius 1 is 1.21 bits per heavy atom. The van der Waals surface area contributed by atoms with Crippen molar-refractivity contribution in [1.82, 2.24) is 0 Å². The van der Waals surface area contributed by atoms with Gasteiger partial charge in [0.25, 0.3) is 0 Å². The third-order valence-electron chi connectivity index (χ3n) is 3.16. The highest BCUT2D eigenvalue weighted by Gasteiger charge is 2.51. The van der Waals surface area contributed by atoms with E-state index < -0.39 is 0 Å². The maximum Gasteiger partial charge on any atom is 0.491 e. The molecule has 1 fully saturated rings. The Balaban J connectivity index is 2.82. The van der Waals surface area contributed by atoms with Crippen LogP contribution in [0.2, 0.25) is 0 Å². The molecule has 14 heavy (non-hydrogen) atoms. The quantitative estimate of drug-likeness (QED) is 0.682. The summed E-state index contributed by atoms with van der Waals surface area (Å²) in [6.07, 6.45) is 1.96. The SMILES string of the molecule is C/C=C(/CN)B1OC(C)(C)C(C)(C)O1. The first kappa shape index (κ1) is 11.8. The predicted molar refractivity (Wildman–Crippen MR) is 58.9 cm³/mol. The second-order valence-electron chi connectivity index (χ2n) is 4.66. The van der Waals surface area contributed by atoms with Crippen molar-refractivity contribution in [3.63, 3.8) is 0 Å². The fourth-order valence-electron chi connectivity index (χ4n) is 1.34. The van der Waals surface area contributed by atoms with E-state index in [1.807, 2.05) is 40.7 Å². The molecule has 0 aliphatic carbocycles. The van der Waals surface area contributed by atoms with Gasteiger partial charge in [-0.25, -0.2) is 0 Å². The van der Waals surface area contributed by atoms with Crippen LogP contribution in [-0.4, -0.2) is 24.9 Å². The first-order valence-electron chi connectivity index (χ1n) is 5.05. The molecule has 0 spiro atoms. The van der Waals surface area contributed by atoms with Crippen molar-refractivity contribution >= 4 is 7.12 Å². The monoisotopic (exact) mass is 197 g/mol. The minimum Gasteiger partial charge on any atom is -0.400 e. The third kappa shape index (κ3) is 1.87. The van der Waals surface area contributed by atoms with E-state index in [0.29, 0.717) is 6.54 Å². The Labute approximate surface area is 86.8 Å². The summed E-state index contributed by atoms with van der Waals surface area (Å²) in [6.45, 7) is 10.6. The molecular weight excluding hydrogens is 177 g/mol. The average Bonchev–Trinajstić information content (AvgIpc) is 2.23. The number of rotatable bonds is 2. The zero-order valence-corrected chi connectivity index (χ0v) is 9.76. The highest BCUT2D eigenvalue weighted by Crippen LogP contribution is 2.38. The average molecular weight is 197 g/mol. The van der Waals surface area contributed by atoms with Gasteiger partial charge in [0.1, 0.15) is 0 Å². The van der Waals surface area contributed by atoms with Gasteiger partial charge in [-0.3, -0.25) is 0 Å². The Morgan fingerprint density at radius 2 is 1.64 bits per heavy atom. The highest BCUT2D eigenvalue weighted by atomic mass is 16.7. The molecule has 1 heterocycles. The first-order valence-corrected chi connectivity index (χ1v) is 5.05. The standard InChI is InChI=1S/C10H20BNO2/c1-6-8(7-12)11-13-9(2,3)10(4,5)14-11/h6H,7,12H2,1-5H3/b8-6-. The smallest absolute Gasteiger partial charge is 0.400 e. The first-order chi connectivity index (χ1) is 6.34. The zero-order valence-electron chi connectivity index (χ0n) is 9.76. The topological polar surface area (TPSA) is 44.5 Å². The molecule has 0 saturated carbocycles. The third-order valence-corrected chi connectivity index (χ3v) is 3.16. The number of hydrogen-bond acceptors (Lipinski definition) is 3.